The molecule has 0 unspecified atom stereocenters. The van der Waals surface area contributed by atoms with Crippen LogP contribution in [0.5, 0.6) is 0 Å². The Morgan fingerprint density at radius 2 is 0.828 bits per heavy atom. The molecule has 0 aliphatic carbocycles. The second kappa shape index (κ2) is 38.8. The molecule has 0 saturated carbocycles. The number of hydrogen-bond donors (Lipinski definition) is 0. The van der Waals surface area contributed by atoms with Crippen LogP contribution in [0, 0.1) is 0 Å². The number of ether oxygens (including phenoxy) is 4. The summed E-state index contributed by atoms with van der Waals surface area (Å²) in [6, 6.07) is 5.55. The van der Waals surface area contributed by atoms with E-state index in [1.165, 1.54) is 64.2 Å². The molecule has 8 heteroatoms. The molecule has 0 radical (unpaired) electrons. The molecule has 0 amide bonds. The topological polar surface area (TPSA) is 91.4 Å². The van der Waals surface area contributed by atoms with Crippen LogP contribution in [-0.2, 0) is 48.4 Å². The highest BCUT2D eigenvalue weighted by Gasteiger charge is 2.11. The number of rotatable bonds is 37. The molecule has 58 heavy (non-hydrogen) atoms. The lowest BCUT2D eigenvalue weighted by molar-refractivity contribution is -0.145. The molecule has 0 N–H and O–H groups in total. The number of esters is 2. The lowest BCUT2D eigenvalue weighted by Gasteiger charge is -2.13. The predicted octanol–water partition coefficient (Wildman–Crippen LogP) is 13.6. The van der Waals surface area contributed by atoms with Crippen LogP contribution in [0.4, 0.5) is 4.79 Å². The van der Waals surface area contributed by atoms with E-state index in [-0.39, 0.29) is 38.4 Å². The van der Waals surface area contributed by atoms with Crippen molar-refractivity contribution >= 4 is 18.1 Å². The van der Waals surface area contributed by atoms with Gasteiger partial charge in [-0.2, -0.15) is 0 Å². The minimum absolute atomic E-state index is 0.0124. The molecule has 1 aromatic rings. The standard InChI is InChI=1S/C50H81NO7/c1-5-7-9-11-13-15-17-19-21-23-25-27-29-31-33-35-48(52)56-42-45-39-46(41-47(40-45)44-58-50(54)55-38-37-51(3)4)43-57-49(53)36-34-32-30-28-26-24-22-20-18-16-14-12-10-8-6-2/h13-16,19-22,39-41H,5-12,17-18,23-38,42-44H2,1-4H3/b15-13-,16-14-,21-19-,22-20-. The normalized spacial score (nSPS) is 11.8. The Morgan fingerprint density at radius 3 is 1.22 bits per heavy atom. The lowest BCUT2D eigenvalue weighted by Crippen LogP contribution is -2.20. The highest BCUT2D eigenvalue weighted by atomic mass is 16.7. The number of benzene rings is 1. The van der Waals surface area contributed by atoms with E-state index >= 15 is 0 Å². The van der Waals surface area contributed by atoms with E-state index in [0.29, 0.717) is 24.9 Å². The molecule has 328 valence electrons. The van der Waals surface area contributed by atoms with Crippen LogP contribution in [0.15, 0.2) is 66.8 Å². The first-order chi connectivity index (χ1) is 28.3. The van der Waals surface area contributed by atoms with Crippen LogP contribution in [0.1, 0.15) is 185 Å². The number of nitrogens with zero attached hydrogens (tertiary/aromatic N) is 1. The molecule has 0 bridgehead atoms. The maximum Gasteiger partial charge on any atom is 0.508 e. The first kappa shape index (κ1) is 52.4. The van der Waals surface area contributed by atoms with Gasteiger partial charge in [0.2, 0.25) is 0 Å². The molecule has 8 nitrogen and oxygen atoms in total. The molecule has 0 fully saturated rings. The van der Waals surface area contributed by atoms with Gasteiger partial charge in [0.1, 0.15) is 26.4 Å². The zero-order chi connectivity index (χ0) is 42.2. The number of hydrogen-bond acceptors (Lipinski definition) is 8. The van der Waals surface area contributed by atoms with E-state index in [9.17, 15) is 14.4 Å². The van der Waals surface area contributed by atoms with Gasteiger partial charge in [-0.25, -0.2) is 4.79 Å². The van der Waals surface area contributed by atoms with E-state index in [4.69, 9.17) is 18.9 Å². The van der Waals surface area contributed by atoms with E-state index in [1.54, 1.807) is 0 Å². The average molecular weight is 808 g/mol. The summed E-state index contributed by atoms with van der Waals surface area (Å²) in [4.78, 5) is 39.2. The first-order valence-corrected chi connectivity index (χ1v) is 22.8. The SMILES string of the molecule is CCCCC/C=C\C/C=C\CCCCCCCC(=O)OCc1cc(COC(=O)CCCCCCC/C=C\C/C=C\CCCCC)cc(COC(=O)OCCN(C)C)c1. The van der Waals surface area contributed by atoms with Gasteiger partial charge in [-0.3, -0.25) is 9.59 Å². The molecule has 0 spiro atoms. The fraction of sp³-hybridized carbons (Fsp3) is 0.660. The molecule has 0 heterocycles. The summed E-state index contributed by atoms with van der Waals surface area (Å²) in [7, 11) is 3.80. The molecule has 1 aromatic carbocycles. The fourth-order valence-corrected chi connectivity index (χ4v) is 6.22. The summed E-state index contributed by atoms with van der Waals surface area (Å²) in [5, 5.41) is 0. The highest BCUT2D eigenvalue weighted by molar-refractivity contribution is 5.69. The smallest absolute Gasteiger partial charge is 0.461 e. The van der Waals surface area contributed by atoms with Crippen LogP contribution >= 0.6 is 0 Å². The van der Waals surface area contributed by atoms with Gasteiger partial charge in [-0.1, -0.05) is 127 Å². The Bertz CT molecular complexity index is 1220. The Hall–Kier alpha value is -3.65. The molecule has 0 atom stereocenters. The van der Waals surface area contributed by atoms with Gasteiger partial charge < -0.3 is 23.8 Å². The van der Waals surface area contributed by atoms with Crippen molar-refractivity contribution < 1.29 is 33.3 Å². The first-order valence-electron chi connectivity index (χ1n) is 22.8. The van der Waals surface area contributed by atoms with E-state index in [2.05, 4.69) is 62.5 Å². The zero-order valence-corrected chi connectivity index (χ0v) is 37.2. The summed E-state index contributed by atoms with van der Waals surface area (Å²) < 4.78 is 21.7. The zero-order valence-electron chi connectivity index (χ0n) is 37.2. The highest BCUT2D eigenvalue weighted by Crippen LogP contribution is 2.17. The van der Waals surface area contributed by atoms with Crippen molar-refractivity contribution in [1.29, 1.82) is 0 Å². The molecular weight excluding hydrogens is 727 g/mol. The number of likely N-dealkylation sites (N-methyl/N-ethyl adjacent to an activating group) is 1. The van der Waals surface area contributed by atoms with E-state index in [0.717, 1.165) is 88.2 Å². The summed E-state index contributed by atoms with van der Waals surface area (Å²) >= 11 is 0. The predicted molar refractivity (Wildman–Crippen MR) is 239 cm³/mol. The van der Waals surface area contributed by atoms with Crippen molar-refractivity contribution in [3.05, 3.63) is 83.5 Å². The summed E-state index contributed by atoms with van der Waals surface area (Å²) in [5.41, 5.74) is 2.19. The molecule has 0 aliphatic heterocycles. The van der Waals surface area contributed by atoms with Gasteiger partial charge in [0, 0.05) is 19.4 Å². The minimum Gasteiger partial charge on any atom is -0.461 e. The monoisotopic (exact) mass is 808 g/mol. The van der Waals surface area contributed by atoms with Crippen molar-refractivity contribution in [2.75, 3.05) is 27.2 Å². The third-order valence-corrected chi connectivity index (χ3v) is 9.69. The number of carbonyl (C=O) groups is 3. The van der Waals surface area contributed by atoms with Gasteiger partial charge in [-0.15, -0.1) is 0 Å². The van der Waals surface area contributed by atoms with Crippen molar-refractivity contribution in [3.8, 4) is 0 Å². The van der Waals surface area contributed by atoms with Crippen LogP contribution < -0.4 is 0 Å². The third-order valence-electron chi connectivity index (χ3n) is 9.69. The maximum absolute atomic E-state index is 12.6. The van der Waals surface area contributed by atoms with Gasteiger partial charge in [0.15, 0.2) is 0 Å². The maximum atomic E-state index is 12.6. The Kier molecular flexibility index (Phi) is 35.1. The van der Waals surface area contributed by atoms with Gasteiger partial charge in [0.05, 0.1) is 0 Å². The van der Waals surface area contributed by atoms with Crippen LogP contribution in [0.25, 0.3) is 0 Å². The van der Waals surface area contributed by atoms with Crippen LogP contribution in [-0.4, -0.2) is 50.2 Å². The summed E-state index contributed by atoms with van der Waals surface area (Å²) in [5.74, 6) is -0.468. The Morgan fingerprint density at radius 1 is 0.466 bits per heavy atom. The molecule has 0 aliphatic rings. The van der Waals surface area contributed by atoms with Crippen molar-refractivity contribution in [2.45, 2.75) is 188 Å². The number of unbranched alkanes of at least 4 members (excludes halogenated alkanes) is 16. The average Bonchev–Trinajstić information content (AvgIpc) is 3.21. The van der Waals surface area contributed by atoms with E-state index in [1.807, 2.05) is 37.2 Å². The van der Waals surface area contributed by atoms with Gasteiger partial charge >= 0.3 is 18.1 Å². The second-order valence-corrected chi connectivity index (χ2v) is 15.6. The third kappa shape index (κ3) is 34.4. The second-order valence-electron chi connectivity index (χ2n) is 15.6. The van der Waals surface area contributed by atoms with Crippen LogP contribution in [0.3, 0.4) is 0 Å². The quantitative estimate of drug-likeness (QED) is 0.0284. The van der Waals surface area contributed by atoms with Gasteiger partial charge in [0.25, 0.3) is 0 Å². The number of allylic oxidation sites excluding steroid dienone is 8. The minimum atomic E-state index is -0.749. The lowest BCUT2D eigenvalue weighted by atomic mass is 10.1. The van der Waals surface area contributed by atoms with Crippen LogP contribution in [0.2, 0.25) is 0 Å². The Labute approximate surface area is 353 Å². The Balaban J connectivity index is 2.42. The fourth-order valence-electron chi connectivity index (χ4n) is 6.22. The van der Waals surface area contributed by atoms with Crippen molar-refractivity contribution in [2.24, 2.45) is 0 Å². The molecule has 0 saturated heterocycles. The van der Waals surface area contributed by atoms with Crippen molar-refractivity contribution in [3.63, 3.8) is 0 Å². The summed E-state index contributed by atoms with van der Waals surface area (Å²) in [6.45, 7) is 5.46. The summed E-state index contributed by atoms with van der Waals surface area (Å²) in [6.07, 6.45) is 43.0. The van der Waals surface area contributed by atoms with Gasteiger partial charge in [-0.05, 0) is 126 Å². The largest absolute Gasteiger partial charge is 0.508 e. The van der Waals surface area contributed by atoms with E-state index < -0.39 is 6.16 Å². The molecule has 0 aromatic heterocycles. The number of carbonyl (C=O) groups excluding carboxylic acids is 3. The molecule has 1 rings (SSSR count). The van der Waals surface area contributed by atoms with Crippen molar-refractivity contribution in [1.82, 2.24) is 4.90 Å². The molecular formula is C50H81NO7.